The van der Waals surface area contributed by atoms with Gasteiger partial charge in [0.15, 0.2) is 17.5 Å². The Morgan fingerprint density at radius 1 is 0.305 bits per heavy atom. The minimum absolute atomic E-state index is 0.00570. The van der Waals surface area contributed by atoms with E-state index < -0.39 is 35.2 Å². The van der Waals surface area contributed by atoms with Gasteiger partial charge in [0.25, 0.3) is 0 Å². The third-order valence-corrected chi connectivity index (χ3v) is 15.1. The van der Waals surface area contributed by atoms with Crippen molar-refractivity contribution < 1.29 is 39.5 Å². The van der Waals surface area contributed by atoms with E-state index in [1.54, 1.807) is 60.9 Å². The third-order valence-electron chi connectivity index (χ3n) is 15.1. The van der Waals surface area contributed by atoms with Gasteiger partial charge in [0.05, 0.1) is 50.1 Å². The number of hydrogen-bond acceptors (Lipinski definition) is 3. The highest BCUT2D eigenvalue weighted by atomic mass is 19.4. The van der Waals surface area contributed by atoms with E-state index >= 15 is 13.2 Å². The van der Waals surface area contributed by atoms with Crippen molar-refractivity contribution in [2.45, 2.75) is 32.4 Å². The number of nitrogens with zero attached hydrogens (tertiary/aromatic N) is 5. The van der Waals surface area contributed by atoms with Gasteiger partial charge >= 0.3 is 18.5 Å². The Morgan fingerprint density at radius 3 is 1.29 bits per heavy atom. The zero-order chi connectivity index (χ0) is 56.8. The van der Waals surface area contributed by atoms with E-state index in [2.05, 4.69) is 0 Å². The van der Waals surface area contributed by atoms with Gasteiger partial charge < -0.3 is 9.13 Å². The summed E-state index contributed by atoms with van der Waals surface area (Å²) in [4.78, 5) is 15.0. The summed E-state index contributed by atoms with van der Waals surface area (Å²) in [6.07, 6.45) is -14.0. The van der Waals surface area contributed by atoms with E-state index in [1.165, 1.54) is 18.2 Å². The Morgan fingerprint density at radius 2 is 0.756 bits per heavy atom. The molecule has 5 nitrogen and oxygen atoms in total. The van der Waals surface area contributed by atoms with Crippen LogP contribution >= 0.6 is 0 Å². The van der Waals surface area contributed by atoms with Gasteiger partial charge in [-0.3, -0.25) is 0 Å². The Labute approximate surface area is 462 Å². The number of aryl methyl sites for hydroxylation is 2. The van der Waals surface area contributed by atoms with Gasteiger partial charge in [0.2, 0.25) is 0 Å². The normalized spacial score (nSPS) is 12.3. The van der Waals surface area contributed by atoms with Crippen molar-refractivity contribution in [1.29, 1.82) is 0 Å². The Hall–Kier alpha value is -9.82. The molecule has 3 aromatic heterocycles. The molecule has 0 spiro atoms. The third kappa shape index (κ3) is 9.09. The fraction of sp³-hybridized carbons (Fsp3) is 0.0735. The molecule has 0 amide bonds. The van der Waals surface area contributed by atoms with E-state index in [-0.39, 0.29) is 17.1 Å². The fourth-order valence-electron chi connectivity index (χ4n) is 11.3. The van der Waals surface area contributed by atoms with Crippen LogP contribution in [0.15, 0.2) is 218 Å². The van der Waals surface area contributed by atoms with E-state index in [0.717, 1.165) is 30.3 Å². The van der Waals surface area contributed by atoms with Crippen molar-refractivity contribution in [3.05, 3.63) is 246 Å². The summed E-state index contributed by atoms with van der Waals surface area (Å²) in [6.45, 7) is 3.21. The number of rotatable bonds is 8. The molecule has 13 aromatic rings. The molecule has 0 aliphatic heterocycles. The zero-order valence-electron chi connectivity index (χ0n) is 43.4. The van der Waals surface area contributed by atoms with Gasteiger partial charge in [-0.25, -0.2) is 15.0 Å². The van der Waals surface area contributed by atoms with Crippen LogP contribution in [0.1, 0.15) is 27.8 Å². The molecule has 3 heterocycles. The molecule has 82 heavy (non-hydrogen) atoms. The predicted molar refractivity (Wildman–Crippen MR) is 306 cm³/mol. The van der Waals surface area contributed by atoms with Gasteiger partial charge in [-0.2, -0.15) is 39.5 Å². The van der Waals surface area contributed by atoms with Crippen LogP contribution in [0.3, 0.4) is 0 Å². The van der Waals surface area contributed by atoms with Gasteiger partial charge in [0.1, 0.15) is 0 Å². The lowest BCUT2D eigenvalue weighted by atomic mass is 9.95. The Kier molecular flexibility index (Phi) is 12.3. The number of aromatic nitrogens is 5. The first kappa shape index (κ1) is 51.6. The van der Waals surface area contributed by atoms with Crippen LogP contribution in [-0.4, -0.2) is 24.1 Å². The molecule has 14 heteroatoms. The average molecular weight is 1100 g/mol. The fourth-order valence-corrected chi connectivity index (χ4v) is 11.3. The summed E-state index contributed by atoms with van der Waals surface area (Å²) in [5.41, 5.74) is 5.55. The molecule has 0 radical (unpaired) electrons. The van der Waals surface area contributed by atoms with Crippen LogP contribution in [0.4, 0.5) is 39.5 Å². The summed E-state index contributed by atoms with van der Waals surface area (Å²) < 4.78 is 135. The van der Waals surface area contributed by atoms with Crippen molar-refractivity contribution in [2.24, 2.45) is 0 Å². The molecular formula is C68H42F9N5. The number of benzene rings is 10. The lowest BCUT2D eigenvalue weighted by Crippen LogP contribution is -2.08. The van der Waals surface area contributed by atoms with Crippen LogP contribution < -0.4 is 0 Å². The summed E-state index contributed by atoms with van der Waals surface area (Å²) in [5.74, 6) is 1.02. The minimum Gasteiger partial charge on any atom is -0.309 e. The standard InChI is InChI=1S/C68H42F9N5/c1-39-21-27-49(56(33-39)68(75,76)77)44-23-31-59-54(36-44)50-17-9-11-19-57(50)81(59)60-32-24-45(65-79-63(41-13-5-3-6-14-41)78-64(80-65)42-15-7-4-8-16-42)37-55(60)52-29-26-47(67(72,73)74)38-62(52)82-58-20-12-10-18-51(58)53-35-43(22-30-61(53)82)48-28-25-46(34-40(48)2)66(69,70)71/h3-38H,1-2H3. The van der Waals surface area contributed by atoms with Crippen LogP contribution in [-0.2, 0) is 18.5 Å². The predicted octanol–water partition coefficient (Wildman–Crippen LogP) is 19.7. The van der Waals surface area contributed by atoms with E-state index in [1.807, 2.05) is 132 Å². The van der Waals surface area contributed by atoms with Crippen LogP contribution in [0.5, 0.6) is 0 Å². The molecule has 13 rings (SSSR count). The summed E-state index contributed by atoms with van der Waals surface area (Å²) >= 11 is 0. The molecule has 402 valence electrons. The Bertz CT molecular complexity index is 4610. The average Bonchev–Trinajstić information content (AvgIpc) is 3.67. The maximum absolute atomic E-state index is 15.3. The summed E-state index contributed by atoms with van der Waals surface area (Å²) in [7, 11) is 0. The Balaban J connectivity index is 1.10. The second-order valence-electron chi connectivity index (χ2n) is 20.2. The maximum atomic E-state index is 15.3. The molecule has 0 fully saturated rings. The topological polar surface area (TPSA) is 48.5 Å². The van der Waals surface area contributed by atoms with Crippen molar-refractivity contribution in [1.82, 2.24) is 24.1 Å². The van der Waals surface area contributed by atoms with Crippen molar-refractivity contribution >= 4 is 43.6 Å². The molecule has 0 unspecified atom stereocenters. The molecule has 0 bridgehead atoms. The summed E-state index contributed by atoms with van der Waals surface area (Å²) in [5, 5.41) is 2.65. The molecule has 0 aliphatic rings. The van der Waals surface area contributed by atoms with Crippen LogP contribution in [0.2, 0.25) is 0 Å². The molecular weight excluding hydrogens is 1060 g/mol. The van der Waals surface area contributed by atoms with Crippen LogP contribution in [0, 0.1) is 13.8 Å². The minimum atomic E-state index is -4.80. The lowest BCUT2D eigenvalue weighted by Gasteiger charge is -2.21. The number of alkyl halides is 9. The molecule has 0 aliphatic carbocycles. The highest BCUT2D eigenvalue weighted by Gasteiger charge is 2.35. The van der Waals surface area contributed by atoms with E-state index in [0.29, 0.717) is 117 Å². The monoisotopic (exact) mass is 1100 g/mol. The number of para-hydroxylation sites is 2. The molecule has 0 saturated carbocycles. The lowest BCUT2D eigenvalue weighted by molar-refractivity contribution is -0.138. The number of hydrogen-bond donors (Lipinski definition) is 0. The van der Waals surface area contributed by atoms with Gasteiger partial charge in [-0.05, 0) is 127 Å². The molecule has 10 aromatic carbocycles. The summed E-state index contributed by atoms with van der Waals surface area (Å²) in [6, 6.07) is 60.9. The highest BCUT2D eigenvalue weighted by molar-refractivity contribution is 6.13. The second-order valence-corrected chi connectivity index (χ2v) is 20.2. The maximum Gasteiger partial charge on any atom is 0.417 e. The van der Waals surface area contributed by atoms with Gasteiger partial charge in [-0.1, -0.05) is 139 Å². The number of halogens is 9. The molecule has 0 saturated heterocycles. The van der Waals surface area contributed by atoms with Crippen molar-refractivity contribution in [2.75, 3.05) is 0 Å². The van der Waals surface area contributed by atoms with Crippen molar-refractivity contribution in [3.63, 3.8) is 0 Å². The zero-order valence-corrected chi connectivity index (χ0v) is 43.4. The first-order valence-electron chi connectivity index (χ1n) is 26.0. The quantitative estimate of drug-likeness (QED) is 0.143. The van der Waals surface area contributed by atoms with Gasteiger partial charge in [0, 0.05) is 49.4 Å². The second kappa shape index (κ2) is 19.5. The van der Waals surface area contributed by atoms with E-state index in [4.69, 9.17) is 15.0 Å². The highest BCUT2D eigenvalue weighted by Crippen LogP contribution is 2.47. The van der Waals surface area contributed by atoms with Gasteiger partial charge in [-0.15, -0.1) is 0 Å². The SMILES string of the molecule is Cc1ccc(-c2ccc3c(c2)c2ccccc2n3-c2ccc(-c3nc(-c4ccccc4)nc(-c4ccccc4)n3)cc2-c2ccc(C(F)(F)F)cc2-n2c3ccccc3c3cc(-c4ccc(C(F)(F)F)cc4C)ccc32)c(C(F)(F)F)c1. The molecule has 0 atom stereocenters. The first-order chi connectivity index (χ1) is 39.4. The largest absolute Gasteiger partial charge is 0.417 e. The van der Waals surface area contributed by atoms with E-state index in [9.17, 15) is 26.3 Å². The smallest absolute Gasteiger partial charge is 0.309 e. The molecule has 0 N–H and O–H groups in total. The number of fused-ring (bicyclic) bond motifs is 6. The first-order valence-corrected chi connectivity index (χ1v) is 26.0. The van der Waals surface area contributed by atoms with Crippen molar-refractivity contribution in [3.8, 4) is 78.9 Å². The van der Waals surface area contributed by atoms with Crippen LogP contribution in [0.25, 0.3) is 123 Å².